The minimum atomic E-state index is -0.532. The number of ether oxygens (including phenoxy) is 1. The third-order valence-corrected chi connectivity index (χ3v) is 4.78. The number of carbonyl (C=O) groups excluding carboxylic acids is 1. The molecule has 1 unspecified atom stereocenters. The molecule has 0 aromatic heterocycles. The fraction of sp³-hybridized carbons (Fsp3) is 0.938. The van der Waals surface area contributed by atoms with Crippen molar-refractivity contribution < 1.29 is 9.53 Å². The molecule has 0 aromatic rings. The van der Waals surface area contributed by atoms with Gasteiger partial charge < -0.3 is 4.74 Å². The monoisotopic (exact) mass is 282 g/mol. The standard InChI is InChI=1S/C16H30N2O2/c1-5-20-14(19)16(4,17-13-7-8-13)10-12-18-11-6-9-15(18,2)3/h13,17H,5-12H2,1-4H3. The summed E-state index contributed by atoms with van der Waals surface area (Å²) in [6, 6.07) is 0.510. The van der Waals surface area contributed by atoms with Gasteiger partial charge in [-0.15, -0.1) is 0 Å². The zero-order valence-corrected chi connectivity index (χ0v) is 13.5. The molecule has 2 fully saturated rings. The Bertz CT molecular complexity index is 352. The van der Waals surface area contributed by atoms with Crippen molar-refractivity contribution >= 4 is 5.97 Å². The molecular weight excluding hydrogens is 252 g/mol. The minimum Gasteiger partial charge on any atom is -0.465 e. The van der Waals surface area contributed by atoms with E-state index in [1.165, 1.54) is 25.7 Å². The van der Waals surface area contributed by atoms with E-state index < -0.39 is 5.54 Å². The van der Waals surface area contributed by atoms with Crippen molar-refractivity contribution in [1.29, 1.82) is 0 Å². The van der Waals surface area contributed by atoms with E-state index in [-0.39, 0.29) is 11.5 Å². The highest BCUT2D eigenvalue weighted by molar-refractivity contribution is 5.80. The van der Waals surface area contributed by atoms with E-state index >= 15 is 0 Å². The van der Waals surface area contributed by atoms with Crippen LogP contribution < -0.4 is 5.32 Å². The summed E-state index contributed by atoms with van der Waals surface area (Å²) in [7, 11) is 0. The average molecular weight is 282 g/mol. The Balaban J connectivity index is 1.94. The fourth-order valence-electron chi connectivity index (χ4n) is 3.14. The largest absolute Gasteiger partial charge is 0.465 e. The molecule has 1 saturated heterocycles. The molecule has 1 aliphatic carbocycles. The molecule has 1 atom stereocenters. The van der Waals surface area contributed by atoms with E-state index in [4.69, 9.17) is 4.74 Å². The Kier molecular flexibility index (Phi) is 4.75. The maximum Gasteiger partial charge on any atom is 0.326 e. The van der Waals surface area contributed by atoms with Crippen LogP contribution in [0.3, 0.4) is 0 Å². The van der Waals surface area contributed by atoms with Gasteiger partial charge in [0.2, 0.25) is 0 Å². The number of hydrogen-bond acceptors (Lipinski definition) is 4. The second-order valence-corrected chi connectivity index (χ2v) is 7.12. The van der Waals surface area contributed by atoms with E-state index in [1.54, 1.807) is 0 Å². The lowest BCUT2D eigenvalue weighted by Crippen LogP contribution is -2.54. The van der Waals surface area contributed by atoms with Crippen LogP contribution in [0.15, 0.2) is 0 Å². The van der Waals surface area contributed by atoms with Crippen LogP contribution >= 0.6 is 0 Å². The van der Waals surface area contributed by atoms with Crippen LogP contribution in [-0.2, 0) is 9.53 Å². The molecular formula is C16H30N2O2. The predicted molar refractivity (Wildman–Crippen MR) is 80.7 cm³/mol. The number of nitrogens with zero attached hydrogens (tertiary/aromatic N) is 1. The number of likely N-dealkylation sites (tertiary alicyclic amines) is 1. The fourth-order valence-corrected chi connectivity index (χ4v) is 3.14. The molecule has 20 heavy (non-hydrogen) atoms. The second kappa shape index (κ2) is 6.02. The molecule has 4 nitrogen and oxygen atoms in total. The van der Waals surface area contributed by atoms with Crippen LogP contribution in [0.25, 0.3) is 0 Å². The van der Waals surface area contributed by atoms with Gasteiger partial charge in [-0.25, -0.2) is 0 Å². The Hall–Kier alpha value is -0.610. The topological polar surface area (TPSA) is 41.6 Å². The van der Waals surface area contributed by atoms with Crippen LogP contribution in [0, 0.1) is 0 Å². The van der Waals surface area contributed by atoms with Gasteiger partial charge in [-0.05, 0) is 66.3 Å². The Labute approximate surface area is 123 Å². The molecule has 116 valence electrons. The van der Waals surface area contributed by atoms with Gasteiger partial charge in [0.25, 0.3) is 0 Å². The third-order valence-electron chi connectivity index (χ3n) is 4.78. The van der Waals surface area contributed by atoms with Gasteiger partial charge in [-0.3, -0.25) is 15.0 Å². The summed E-state index contributed by atoms with van der Waals surface area (Å²) in [5, 5.41) is 3.50. The van der Waals surface area contributed by atoms with E-state index in [0.717, 1.165) is 19.5 Å². The maximum atomic E-state index is 12.3. The van der Waals surface area contributed by atoms with Crippen molar-refractivity contribution in [2.24, 2.45) is 0 Å². The number of hydrogen-bond donors (Lipinski definition) is 1. The summed E-state index contributed by atoms with van der Waals surface area (Å²) < 4.78 is 5.28. The van der Waals surface area contributed by atoms with E-state index in [9.17, 15) is 4.79 Å². The Morgan fingerprint density at radius 3 is 2.65 bits per heavy atom. The molecule has 0 amide bonds. The number of rotatable bonds is 7. The van der Waals surface area contributed by atoms with Crippen LogP contribution in [0.1, 0.15) is 59.8 Å². The van der Waals surface area contributed by atoms with Crippen molar-refractivity contribution in [2.45, 2.75) is 76.9 Å². The van der Waals surface area contributed by atoms with Gasteiger partial charge in [0, 0.05) is 18.1 Å². The summed E-state index contributed by atoms with van der Waals surface area (Å²) >= 11 is 0. The van der Waals surface area contributed by atoms with Gasteiger partial charge in [0.1, 0.15) is 5.54 Å². The van der Waals surface area contributed by atoms with Gasteiger partial charge in [-0.2, -0.15) is 0 Å². The summed E-state index contributed by atoms with van der Waals surface area (Å²) in [4.78, 5) is 14.8. The molecule has 1 aliphatic heterocycles. The quantitative estimate of drug-likeness (QED) is 0.728. The van der Waals surface area contributed by atoms with Gasteiger partial charge in [0.15, 0.2) is 0 Å². The van der Waals surface area contributed by atoms with E-state index in [2.05, 4.69) is 24.1 Å². The highest BCUT2D eigenvalue weighted by Gasteiger charge is 2.41. The minimum absolute atomic E-state index is 0.0936. The molecule has 2 aliphatic rings. The van der Waals surface area contributed by atoms with Crippen molar-refractivity contribution in [3.05, 3.63) is 0 Å². The van der Waals surface area contributed by atoms with Crippen molar-refractivity contribution in [3.63, 3.8) is 0 Å². The van der Waals surface area contributed by atoms with Crippen LogP contribution in [0.4, 0.5) is 0 Å². The molecule has 1 saturated carbocycles. The van der Waals surface area contributed by atoms with Crippen molar-refractivity contribution in [2.75, 3.05) is 19.7 Å². The molecule has 0 radical (unpaired) electrons. The predicted octanol–water partition coefficient (Wildman–Crippen LogP) is 2.32. The smallest absolute Gasteiger partial charge is 0.326 e. The van der Waals surface area contributed by atoms with Gasteiger partial charge in [0.05, 0.1) is 6.61 Å². The highest BCUT2D eigenvalue weighted by atomic mass is 16.5. The Morgan fingerprint density at radius 2 is 2.15 bits per heavy atom. The van der Waals surface area contributed by atoms with Crippen molar-refractivity contribution in [1.82, 2.24) is 10.2 Å². The maximum absolute atomic E-state index is 12.3. The SMILES string of the molecule is CCOC(=O)C(C)(CCN1CCCC1(C)C)NC1CC1. The normalized spacial score (nSPS) is 25.4. The van der Waals surface area contributed by atoms with Gasteiger partial charge >= 0.3 is 5.97 Å². The molecule has 0 spiro atoms. The molecule has 2 rings (SSSR count). The van der Waals surface area contributed by atoms with Crippen molar-refractivity contribution in [3.8, 4) is 0 Å². The number of esters is 1. The first-order chi connectivity index (χ1) is 9.37. The zero-order valence-electron chi connectivity index (χ0n) is 13.5. The first-order valence-corrected chi connectivity index (χ1v) is 8.07. The molecule has 0 bridgehead atoms. The lowest BCUT2D eigenvalue weighted by Gasteiger charge is -2.35. The number of carbonyl (C=O) groups is 1. The first-order valence-electron chi connectivity index (χ1n) is 8.07. The molecule has 0 aromatic carbocycles. The summed E-state index contributed by atoms with van der Waals surface area (Å²) in [6.07, 6.45) is 5.71. The number of nitrogens with one attached hydrogen (secondary N) is 1. The van der Waals surface area contributed by atoms with E-state index in [1.807, 2.05) is 13.8 Å². The van der Waals surface area contributed by atoms with Gasteiger partial charge in [-0.1, -0.05) is 0 Å². The second-order valence-electron chi connectivity index (χ2n) is 7.12. The molecule has 1 heterocycles. The lowest BCUT2D eigenvalue weighted by atomic mass is 9.95. The third kappa shape index (κ3) is 3.73. The van der Waals surface area contributed by atoms with Crippen LogP contribution in [-0.4, -0.2) is 47.7 Å². The first kappa shape index (κ1) is 15.8. The van der Waals surface area contributed by atoms with Crippen LogP contribution in [0.5, 0.6) is 0 Å². The molecule has 4 heteroatoms. The van der Waals surface area contributed by atoms with Crippen LogP contribution in [0.2, 0.25) is 0 Å². The summed E-state index contributed by atoms with van der Waals surface area (Å²) in [5.41, 5.74) is -0.259. The van der Waals surface area contributed by atoms with E-state index in [0.29, 0.717) is 12.6 Å². The Morgan fingerprint density at radius 1 is 1.45 bits per heavy atom. The average Bonchev–Trinajstić information content (AvgIpc) is 3.10. The zero-order chi connectivity index (χ0) is 14.8. The highest BCUT2D eigenvalue weighted by Crippen LogP contribution is 2.30. The molecule has 1 N–H and O–H groups in total. The lowest BCUT2D eigenvalue weighted by molar-refractivity contribution is -0.151. The summed E-state index contributed by atoms with van der Waals surface area (Å²) in [6.45, 7) is 11.0. The summed E-state index contributed by atoms with van der Waals surface area (Å²) in [5.74, 6) is -0.0936.